The molecule has 0 fully saturated rings. The van der Waals surface area contributed by atoms with Crippen LogP contribution in [0.3, 0.4) is 0 Å². The van der Waals surface area contributed by atoms with Gasteiger partial charge in [0.15, 0.2) is 4.21 Å². The number of amidine groups is 1. The minimum Gasteiger partial charge on any atom is -0.263 e. The van der Waals surface area contributed by atoms with Crippen LogP contribution in [0, 0.1) is 5.92 Å². The molecule has 8 heteroatoms. The van der Waals surface area contributed by atoms with E-state index in [0.29, 0.717) is 28.2 Å². The summed E-state index contributed by atoms with van der Waals surface area (Å²) in [6.45, 7) is 4.12. The Morgan fingerprint density at radius 2 is 2.22 bits per heavy atom. The highest BCUT2D eigenvalue weighted by Crippen LogP contribution is 2.40. The molecule has 2 N–H and O–H groups in total. The summed E-state index contributed by atoms with van der Waals surface area (Å²) in [4.78, 5) is 0. The Labute approximate surface area is 115 Å². The molecule has 0 bridgehead atoms. The second kappa shape index (κ2) is 4.80. The van der Waals surface area contributed by atoms with Crippen molar-refractivity contribution in [3.8, 4) is 0 Å². The first kappa shape index (κ1) is 13.8. The van der Waals surface area contributed by atoms with E-state index in [2.05, 4.69) is 18.2 Å². The van der Waals surface area contributed by atoms with Crippen LogP contribution in [0.2, 0.25) is 4.34 Å². The fourth-order valence-corrected chi connectivity index (χ4v) is 4.48. The van der Waals surface area contributed by atoms with Gasteiger partial charge in [0.25, 0.3) is 10.0 Å². The molecular formula is C10H14ClN3O2S2. The standard InChI is InChI=1S/C10H14ClN3O2S2/c1-6(2)3-4-9-13-18(15,16)10-7(14(9)12)5-8(11)17-10/h5-6H,3-4,12H2,1-2H3. The van der Waals surface area contributed by atoms with E-state index in [1.165, 1.54) is 5.01 Å². The van der Waals surface area contributed by atoms with Gasteiger partial charge in [0.1, 0.15) is 5.84 Å². The molecule has 0 saturated heterocycles. The molecule has 0 unspecified atom stereocenters. The Morgan fingerprint density at radius 1 is 1.56 bits per heavy atom. The molecular weight excluding hydrogens is 294 g/mol. The molecule has 100 valence electrons. The lowest BCUT2D eigenvalue weighted by Gasteiger charge is -2.24. The Bertz CT molecular complexity index is 592. The van der Waals surface area contributed by atoms with Gasteiger partial charge in [0, 0.05) is 6.42 Å². The number of rotatable bonds is 3. The first-order valence-electron chi connectivity index (χ1n) is 5.49. The predicted octanol–water partition coefficient (Wildman–Crippen LogP) is 2.62. The van der Waals surface area contributed by atoms with Crippen molar-refractivity contribution < 1.29 is 8.42 Å². The number of hydrogen-bond donors (Lipinski definition) is 1. The molecule has 1 aliphatic heterocycles. The molecule has 0 amide bonds. The van der Waals surface area contributed by atoms with Crippen molar-refractivity contribution in [1.29, 1.82) is 0 Å². The molecule has 2 rings (SSSR count). The molecule has 0 spiro atoms. The minimum atomic E-state index is -3.65. The summed E-state index contributed by atoms with van der Waals surface area (Å²) in [5.74, 6) is 6.72. The van der Waals surface area contributed by atoms with Gasteiger partial charge < -0.3 is 0 Å². The number of sulfonamides is 1. The maximum Gasteiger partial charge on any atom is 0.295 e. The van der Waals surface area contributed by atoms with Crippen molar-refractivity contribution in [1.82, 2.24) is 0 Å². The SMILES string of the molecule is CC(C)CCC1=NS(=O)(=O)c2sc(Cl)cc2N1N. The van der Waals surface area contributed by atoms with E-state index in [4.69, 9.17) is 17.4 Å². The van der Waals surface area contributed by atoms with Gasteiger partial charge in [-0.05, 0) is 18.4 Å². The third kappa shape index (κ3) is 2.54. The van der Waals surface area contributed by atoms with Crippen molar-refractivity contribution in [3.05, 3.63) is 10.4 Å². The highest BCUT2D eigenvalue weighted by Gasteiger charge is 2.31. The Kier molecular flexibility index (Phi) is 3.68. The van der Waals surface area contributed by atoms with Gasteiger partial charge >= 0.3 is 0 Å². The summed E-state index contributed by atoms with van der Waals surface area (Å²) in [6, 6.07) is 1.56. The van der Waals surface area contributed by atoms with E-state index < -0.39 is 10.0 Å². The number of hydrazine groups is 1. The number of nitrogens with two attached hydrogens (primary N) is 1. The van der Waals surface area contributed by atoms with Crippen LogP contribution in [0.15, 0.2) is 14.7 Å². The third-order valence-corrected chi connectivity index (χ3v) is 5.65. The Balaban J connectivity index is 2.39. The third-order valence-electron chi connectivity index (χ3n) is 2.59. The fraction of sp³-hybridized carbons (Fsp3) is 0.500. The van der Waals surface area contributed by atoms with Gasteiger partial charge in [-0.1, -0.05) is 25.4 Å². The first-order valence-corrected chi connectivity index (χ1v) is 8.12. The maximum atomic E-state index is 12.0. The van der Waals surface area contributed by atoms with E-state index in [-0.39, 0.29) is 4.21 Å². The summed E-state index contributed by atoms with van der Waals surface area (Å²) in [7, 11) is -3.65. The molecule has 2 heterocycles. The predicted molar refractivity (Wildman–Crippen MR) is 74.7 cm³/mol. The number of anilines is 1. The summed E-state index contributed by atoms with van der Waals surface area (Å²) in [5, 5.41) is 1.32. The van der Waals surface area contributed by atoms with Crippen LogP contribution >= 0.6 is 22.9 Å². The molecule has 0 radical (unpaired) electrons. The van der Waals surface area contributed by atoms with Crippen LogP contribution in [0.1, 0.15) is 26.7 Å². The van der Waals surface area contributed by atoms with Crippen LogP contribution in [0.4, 0.5) is 5.69 Å². The van der Waals surface area contributed by atoms with E-state index >= 15 is 0 Å². The molecule has 0 saturated carbocycles. The lowest BCUT2D eigenvalue weighted by Crippen LogP contribution is -2.40. The van der Waals surface area contributed by atoms with Crippen LogP contribution in [0.25, 0.3) is 0 Å². The molecule has 5 nitrogen and oxygen atoms in total. The van der Waals surface area contributed by atoms with E-state index in [9.17, 15) is 8.42 Å². The van der Waals surface area contributed by atoms with Crippen LogP contribution < -0.4 is 10.9 Å². The van der Waals surface area contributed by atoms with Gasteiger partial charge in [-0.2, -0.15) is 8.42 Å². The second-order valence-electron chi connectivity index (χ2n) is 4.51. The van der Waals surface area contributed by atoms with Gasteiger partial charge in [-0.25, -0.2) is 5.84 Å². The van der Waals surface area contributed by atoms with Crippen molar-refractivity contribution in [2.45, 2.75) is 30.9 Å². The molecule has 18 heavy (non-hydrogen) atoms. The number of hydrogen-bond acceptors (Lipinski definition) is 5. The lowest BCUT2D eigenvalue weighted by atomic mass is 10.1. The monoisotopic (exact) mass is 307 g/mol. The highest BCUT2D eigenvalue weighted by atomic mass is 35.5. The van der Waals surface area contributed by atoms with E-state index in [1.807, 2.05) is 0 Å². The minimum absolute atomic E-state index is 0.114. The van der Waals surface area contributed by atoms with Gasteiger partial charge in [0.2, 0.25) is 0 Å². The quantitative estimate of drug-likeness (QED) is 0.871. The summed E-state index contributed by atoms with van der Waals surface area (Å²) >= 11 is 6.82. The van der Waals surface area contributed by atoms with Crippen LogP contribution in [-0.2, 0) is 10.0 Å². The zero-order valence-electron chi connectivity index (χ0n) is 10.1. The zero-order chi connectivity index (χ0) is 13.5. The number of nitrogens with zero attached hydrogens (tertiary/aromatic N) is 2. The Morgan fingerprint density at radius 3 is 2.83 bits per heavy atom. The van der Waals surface area contributed by atoms with Crippen molar-refractivity contribution in [2.24, 2.45) is 16.2 Å². The maximum absolute atomic E-state index is 12.0. The van der Waals surface area contributed by atoms with Crippen molar-refractivity contribution in [2.75, 3.05) is 5.01 Å². The summed E-state index contributed by atoms with van der Waals surface area (Å²) < 4.78 is 28.2. The molecule has 1 aromatic heterocycles. The van der Waals surface area contributed by atoms with E-state index in [1.54, 1.807) is 6.07 Å². The molecule has 0 atom stereocenters. The number of fused-ring (bicyclic) bond motifs is 1. The lowest BCUT2D eigenvalue weighted by molar-refractivity contribution is 0.591. The average molecular weight is 308 g/mol. The largest absolute Gasteiger partial charge is 0.295 e. The van der Waals surface area contributed by atoms with Crippen molar-refractivity contribution in [3.63, 3.8) is 0 Å². The summed E-state index contributed by atoms with van der Waals surface area (Å²) in [6.07, 6.45) is 1.36. The smallest absolute Gasteiger partial charge is 0.263 e. The molecule has 0 aliphatic carbocycles. The summed E-state index contributed by atoms with van der Waals surface area (Å²) in [5.41, 5.74) is 0.416. The van der Waals surface area contributed by atoms with Crippen LogP contribution in [-0.4, -0.2) is 14.3 Å². The van der Waals surface area contributed by atoms with Crippen LogP contribution in [0.5, 0.6) is 0 Å². The normalized spacial score (nSPS) is 17.8. The number of halogens is 1. The van der Waals surface area contributed by atoms with Gasteiger partial charge in [-0.15, -0.1) is 15.7 Å². The van der Waals surface area contributed by atoms with Gasteiger partial charge in [-0.3, -0.25) is 5.01 Å². The molecule has 1 aliphatic rings. The van der Waals surface area contributed by atoms with E-state index in [0.717, 1.165) is 17.8 Å². The van der Waals surface area contributed by atoms with Gasteiger partial charge in [0.05, 0.1) is 10.0 Å². The topological polar surface area (TPSA) is 75.8 Å². The number of thiophene rings is 1. The zero-order valence-corrected chi connectivity index (χ0v) is 12.4. The molecule has 0 aromatic carbocycles. The average Bonchev–Trinajstić information content (AvgIpc) is 2.65. The second-order valence-corrected chi connectivity index (χ2v) is 7.99. The fourth-order valence-electron chi connectivity index (χ4n) is 1.64. The van der Waals surface area contributed by atoms with Crippen molar-refractivity contribution >= 4 is 44.5 Å². The highest BCUT2D eigenvalue weighted by molar-refractivity contribution is 7.92. The first-order chi connectivity index (χ1) is 8.31. The molecule has 1 aromatic rings. The Hall–Kier alpha value is -0.630.